The average Bonchev–Trinajstić information content (AvgIpc) is 3.22. The van der Waals surface area contributed by atoms with E-state index in [1.54, 1.807) is 44.2 Å². The summed E-state index contributed by atoms with van der Waals surface area (Å²) >= 11 is 1.31. The van der Waals surface area contributed by atoms with Crippen LogP contribution in [0.15, 0.2) is 30.3 Å². The molecule has 0 saturated carbocycles. The number of hydrogen-bond donors (Lipinski definition) is 2. The van der Waals surface area contributed by atoms with Gasteiger partial charge in [0.25, 0.3) is 0 Å². The summed E-state index contributed by atoms with van der Waals surface area (Å²) in [5.41, 5.74) is 6.64. The molecule has 5 rings (SSSR count). The van der Waals surface area contributed by atoms with Crippen molar-refractivity contribution in [3.63, 3.8) is 0 Å². The number of rotatable bonds is 7. The van der Waals surface area contributed by atoms with E-state index in [0.717, 1.165) is 4.90 Å². The van der Waals surface area contributed by atoms with Gasteiger partial charge in [-0.25, -0.2) is 18.0 Å². The first-order chi connectivity index (χ1) is 18.6. The molecule has 4 heterocycles. The molecule has 0 bridgehead atoms. The number of nitrogens with zero attached hydrogens (tertiary/aromatic N) is 2. The van der Waals surface area contributed by atoms with Gasteiger partial charge in [0.2, 0.25) is 24.5 Å². The largest absolute Gasteiger partial charge is 0.426 e. The second kappa shape index (κ2) is 10.4. The number of amides is 3. The number of carbonyl (C=O) groups excluding carboxylic acids is 5. The quantitative estimate of drug-likeness (QED) is 0.232. The first kappa shape index (κ1) is 31.1. The molecule has 13 nitrogen and oxygen atoms in total. The lowest BCUT2D eigenvalue weighted by Gasteiger charge is -2.44. The topological polar surface area (TPSA) is 182 Å². The second-order valence-corrected chi connectivity index (χ2v) is 15.6. The Balaban J connectivity index is 0.00000387. The molecule has 4 aliphatic heterocycles. The van der Waals surface area contributed by atoms with Gasteiger partial charge < -0.3 is 30.3 Å². The van der Waals surface area contributed by atoms with Gasteiger partial charge in [-0.3, -0.25) is 14.4 Å². The molecule has 1 aromatic rings. The molecule has 41 heavy (non-hydrogen) atoms. The van der Waals surface area contributed by atoms with Crippen LogP contribution in [-0.4, -0.2) is 93.0 Å². The van der Waals surface area contributed by atoms with Crippen molar-refractivity contribution >= 4 is 63.7 Å². The van der Waals surface area contributed by atoms with Crippen molar-refractivity contribution < 1.29 is 41.9 Å². The Labute approximate surface area is 247 Å². The molecule has 0 aromatic heterocycles. The summed E-state index contributed by atoms with van der Waals surface area (Å²) in [6.07, 6.45) is -0.191. The van der Waals surface area contributed by atoms with Gasteiger partial charge in [-0.1, -0.05) is 30.3 Å². The molecule has 4 fully saturated rings. The lowest BCUT2D eigenvalue weighted by Crippen LogP contribution is -2.71. The number of halogens is 1. The highest BCUT2D eigenvalue weighted by Gasteiger charge is 2.68. The molecule has 0 aliphatic carbocycles. The van der Waals surface area contributed by atoms with Crippen molar-refractivity contribution in [2.75, 3.05) is 6.79 Å². The zero-order valence-corrected chi connectivity index (χ0v) is 25.1. The van der Waals surface area contributed by atoms with E-state index in [4.69, 9.17) is 15.2 Å². The fraction of sp³-hybridized carbons (Fsp3) is 0.560. The molecule has 0 spiro atoms. The minimum absolute atomic E-state index is 0. The molecular formula is C25H31ClN4O9S2. The lowest BCUT2D eigenvalue weighted by atomic mass is 9.95. The van der Waals surface area contributed by atoms with Crippen LogP contribution in [0.4, 0.5) is 0 Å². The fourth-order valence-corrected chi connectivity index (χ4v) is 9.44. The highest BCUT2D eigenvalue weighted by molar-refractivity contribution is 8.01. The van der Waals surface area contributed by atoms with Crippen molar-refractivity contribution in [1.82, 2.24) is 15.1 Å². The van der Waals surface area contributed by atoms with Crippen molar-refractivity contribution in [3.05, 3.63) is 35.9 Å². The van der Waals surface area contributed by atoms with Crippen molar-refractivity contribution in [1.29, 1.82) is 0 Å². The molecule has 6 atom stereocenters. The predicted molar refractivity (Wildman–Crippen MR) is 148 cm³/mol. The van der Waals surface area contributed by atoms with Crippen LogP contribution in [0.5, 0.6) is 0 Å². The molecule has 224 valence electrons. The number of carbonyl (C=O) groups is 5. The van der Waals surface area contributed by atoms with Gasteiger partial charge in [-0.2, -0.15) is 0 Å². The van der Waals surface area contributed by atoms with E-state index in [1.165, 1.54) is 30.5 Å². The van der Waals surface area contributed by atoms with Crippen LogP contribution in [0.3, 0.4) is 0 Å². The summed E-state index contributed by atoms with van der Waals surface area (Å²) < 4.78 is 33.3. The first-order valence-electron chi connectivity index (χ1n) is 12.6. The van der Waals surface area contributed by atoms with Crippen molar-refractivity contribution in [2.24, 2.45) is 5.73 Å². The smallest absolute Gasteiger partial charge is 0.333 e. The zero-order chi connectivity index (χ0) is 29.4. The third-order valence-corrected chi connectivity index (χ3v) is 12.4. The standard InChI is InChI=1S/C25H30N4O9S2.ClH/c1-24(2)17(29-20(32)16(21(29)39-24)27-19(31)15(26)12-8-6-5-7-9-12)22(33)37-11-38-23(34)18-25(3,4)40(35,36)14-10-13(30)28(14)18;/h5-9,14-18,21H,10-11,26H2,1-4H3,(H,27,31);1H/t14-,15+,16+,17-,18-,21+;/m0./s1. The van der Waals surface area contributed by atoms with Gasteiger partial charge in [0, 0.05) is 4.75 Å². The molecule has 1 aromatic carbocycles. The number of benzene rings is 1. The van der Waals surface area contributed by atoms with Gasteiger partial charge in [0.1, 0.15) is 34.9 Å². The fourth-order valence-electron chi connectivity index (χ4n) is 5.69. The molecule has 4 saturated heterocycles. The van der Waals surface area contributed by atoms with Crippen LogP contribution >= 0.6 is 24.2 Å². The van der Waals surface area contributed by atoms with Crippen LogP contribution in [0.25, 0.3) is 0 Å². The Bertz CT molecular complexity index is 1400. The highest BCUT2D eigenvalue weighted by Crippen LogP contribution is 2.51. The number of hydrogen-bond acceptors (Lipinski definition) is 11. The van der Waals surface area contributed by atoms with Gasteiger partial charge in [0.15, 0.2) is 9.84 Å². The Morgan fingerprint density at radius 1 is 1.05 bits per heavy atom. The number of ether oxygens (including phenoxy) is 2. The molecular weight excluding hydrogens is 600 g/mol. The van der Waals surface area contributed by atoms with Crippen LogP contribution in [0, 0.1) is 0 Å². The van der Waals surface area contributed by atoms with Crippen LogP contribution < -0.4 is 11.1 Å². The molecule has 0 radical (unpaired) electrons. The lowest BCUT2D eigenvalue weighted by molar-refractivity contribution is -0.181. The molecule has 3 amide bonds. The van der Waals surface area contributed by atoms with E-state index in [-0.39, 0.29) is 18.8 Å². The molecule has 3 N–H and O–H groups in total. The maximum Gasteiger partial charge on any atom is 0.333 e. The maximum atomic E-state index is 13.0. The normalized spacial score (nSPS) is 30.5. The van der Waals surface area contributed by atoms with E-state index in [2.05, 4.69) is 5.32 Å². The Kier molecular flexibility index (Phi) is 7.91. The second-order valence-electron chi connectivity index (χ2n) is 11.2. The number of nitrogens with one attached hydrogen (secondary N) is 1. The number of β-lactam (4-membered cyclic amide) rings is 2. The Morgan fingerprint density at radius 3 is 2.22 bits per heavy atom. The van der Waals surface area contributed by atoms with E-state index in [0.29, 0.717) is 5.56 Å². The van der Waals surface area contributed by atoms with Crippen LogP contribution in [-0.2, 0) is 43.3 Å². The van der Waals surface area contributed by atoms with E-state index in [9.17, 15) is 32.4 Å². The van der Waals surface area contributed by atoms with Crippen LogP contribution in [0.1, 0.15) is 45.7 Å². The summed E-state index contributed by atoms with van der Waals surface area (Å²) in [6, 6.07) is 4.45. The molecule has 16 heteroatoms. The van der Waals surface area contributed by atoms with Gasteiger partial charge in [-0.15, -0.1) is 24.2 Å². The number of sulfone groups is 1. The summed E-state index contributed by atoms with van der Waals surface area (Å²) in [7, 11) is -3.80. The van der Waals surface area contributed by atoms with E-state index >= 15 is 0 Å². The summed E-state index contributed by atoms with van der Waals surface area (Å²) in [5, 5.41) is 1.07. The number of fused-ring (bicyclic) bond motifs is 2. The zero-order valence-electron chi connectivity index (χ0n) is 22.6. The third-order valence-electron chi connectivity index (χ3n) is 8.00. The highest BCUT2D eigenvalue weighted by atomic mass is 35.5. The van der Waals surface area contributed by atoms with Crippen molar-refractivity contribution in [3.8, 4) is 0 Å². The third kappa shape index (κ3) is 4.66. The number of esters is 2. The minimum atomic E-state index is -3.80. The average molecular weight is 631 g/mol. The number of nitrogens with two attached hydrogens (primary N) is 1. The Hall–Kier alpha value is -2.88. The van der Waals surface area contributed by atoms with Gasteiger partial charge in [-0.05, 0) is 33.3 Å². The Morgan fingerprint density at radius 2 is 1.63 bits per heavy atom. The maximum absolute atomic E-state index is 13.0. The monoisotopic (exact) mass is 630 g/mol. The molecule has 4 aliphatic rings. The van der Waals surface area contributed by atoms with Crippen LogP contribution in [0.2, 0.25) is 0 Å². The van der Waals surface area contributed by atoms with Gasteiger partial charge >= 0.3 is 11.9 Å². The summed E-state index contributed by atoms with van der Waals surface area (Å²) in [5.74, 6) is -3.32. The SMILES string of the molecule is CC1(C)S[C@@H]2[C@H](NC(=O)[C@H](N)c3ccccc3)C(=O)N2[C@H]1C(=O)OCOC(=O)[C@@H]1N2C(=O)C[C@@H]2S(=O)(=O)C1(C)C.Cl. The molecule has 0 unspecified atom stereocenters. The van der Waals surface area contributed by atoms with Crippen molar-refractivity contribution in [2.45, 2.75) is 78.5 Å². The minimum Gasteiger partial charge on any atom is -0.426 e. The summed E-state index contributed by atoms with van der Waals surface area (Å²) in [6.45, 7) is 5.37. The van der Waals surface area contributed by atoms with E-state index < -0.39 is 90.7 Å². The van der Waals surface area contributed by atoms with Gasteiger partial charge in [0.05, 0.1) is 11.2 Å². The summed E-state index contributed by atoms with van der Waals surface area (Å²) in [4.78, 5) is 65.9. The van der Waals surface area contributed by atoms with E-state index in [1.807, 2.05) is 0 Å². The predicted octanol–water partition coefficient (Wildman–Crippen LogP) is -0.167. The first-order valence-corrected chi connectivity index (χ1v) is 15.0. The number of thioether (sulfide) groups is 1.